The van der Waals surface area contributed by atoms with Crippen LogP contribution in [0.2, 0.25) is 0 Å². The summed E-state index contributed by atoms with van der Waals surface area (Å²) < 4.78 is 34.5. The van der Waals surface area contributed by atoms with Gasteiger partial charge < -0.3 is 10.5 Å². The predicted octanol–water partition coefficient (Wildman–Crippen LogP) is 1.10. The van der Waals surface area contributed by atoms with E-state index in [1.165, 1.54) is 0 Å². The van der Waals surface area contributed by atoms with Crippen molar-refractivity contribution in [1.82, 2.24) is 0 Å². The maximum atomic E-state index is 11.5. The van der Waals surface area contributed by atoms with Crippen LogP contribution in [-0.4, -0.2) is 36.3 Å². The highest BCUT2D eigenvalue weighted by Crippen LogP contribution is 2.11. The first-order chi connectivity index (χ1) is 8.01. The Balaban J connectivity index is 3.77. The molecule has 0 rings (SSSR count). The molecular formula is C11H23NO5S. The minimum absolute atomic E-state index is 0.255. The van der Waals surface area contributed by atoms with E-state index in [0.717, 1.165) is 0 Å². The highest BCUT2D eigenvalue weighted by Gasteiger charge is 2.21. The van der Waals surface area contributed by atoms with Crippen molar-refractivity contribution < 1.29 is 22.5 Å². The van der Waals surface area contributed by atoms with E-state index >= 15 is 0 Å². The van der Waals surface area contributed by atoms with Gasteiger partial charge in [-0.3, -0.25) is 9.35 Å². The second kappa shape index (κ2) is 7.06. The van der Waals surface area contributed by atoms with Crippen molar-refractivity contribution in [3.8, 4) is 0 Å². The van der Waals surface area contributed by atoms with Gasteiger partial charge in [-0.2, -0.15) is 8.42 Å². The lowest BCUT2D eigenvalue weighted by molar-refractivity contribution is -0.156. The van der Waals surface area contributed by atoms with Gasteiger partial charge in [0.05, 0.1) is 5.75 Å². The van der Waals surface area contributed by atoms with Crippen LogP contribution in [0, 0.1) is 0 Å². The maximum absolute atomic E-state index is 11.5. The molecule has 0 aliphatic heterocycles. The first-order valence-electron chi connectivity index (χ1n) is 5.95. The van der Waals surface area contributed by atoms with Crippen molar-refractivity contribution in [2.45, 2.75) is 58.1 Å². The number of hydrogen-bond donors (Lipinski definition) is 2. The molecule has 7 heteroatoms. The summed E-state index contributed by atoms with van der Waals surface area (Å²) in [5.41, 5.74) is 5.09. The lowest BCUT2D eigenvalue weighted by atomic mass is 10.1. The van der Waals surface area contributed by atoms with E-state index in [1.54, 1.807) is 20.8 Å². The van der Waals surface area contributed by atoms with Crippen LogP contribution >= 0.6 is 0 Å². The summed E-state index contributed by atoms with van der Waals surface area (Å²) >= 11 is 0. The summed E-state index contributed by atoms with van der Waals surface area (Å²) in [6.45, 7) is 5.30. The summed E-state index contributed by atoms with van der Waals surface area (Å²) in [5, 5.41) is 0. The van der Waals surface area contributed by atoms with Crippen LogP contribution in [0.5, 0.6) is 0 Å². The molecular weight excluding hydrogens is 258 g/mol. The minimum atomic E-state index is -3.89. The molecule has 0 aromatic carbocycles. The average Bonchev–Trinajstić information content (AvgIpc) is 2.12. The number of carbonyl (C=O) groups excluding carboxylic acids is 1. The van der Waals surface area contributed by atoms with Crippen molar-refractivity contribution >= 4 is 16.1 Å². The minimum Gasteiger partial charge on any atom is -0.459 e. The molecule has 0 aromatic rings. The van der Waals surface area contributed by atoms with Crippen LogP contribution in [0.25, 0.3) is 0 Å². The number of hydrogen-bond acceptors (Lipinski definition) is 5. The normalized spacial score (nSPS) is 14.3. The quantitative estimate of drug-likeness (QED) is 0.411. The molecule has 0 radical (unpaired) electrons. The van der Waals surface area contributed by atoms with Gasteiger partial charge in [0, 0.05) is 0 Å². The molecule has 18 heavy (non-hydrogen) atoms. The molecule has 0 aliphatic rings. The van der Waals surface area contributed by atoms with Gasteiger partial charge >= 0.3 is 5.97 Å². The van der Waals surface area contributed by atoms with Crippen LogP contribution in [0.3, 0.4) is 0 Å². The fourth-order valence-electron chi connectivity index (χ4n) is 1.32. The molecule has 6 nitrogen and oxygen atoms in total. The SMILES string of the molecule is CC(C)(C)OC(=O)C(N)CCCCCS(=O)(=O)O. The molecule has 0 spiro atoms. The van der Waals surface area contributed by atoms with Crippen molar-refractivity contribution in [3.63, 3.8) is 0 Å². The average molecular weight is 281 g/mol. The Morgan fingerprint density at radius 1 is 1.28 bits per heavy atom. The lowest BCUT2D eigenvalue weighted by Gasteiger charge is -2.22. The van der Waals surface area contributed by atoms with Crippen molar-refractivity contribution in [2.75, 3.05) is 5.75 Å². The van der Waals surface area contributed by atoms with Gasteiger partial charge in [0.1, 0.15) is 11.6 Å². The van der Waals surface area contributed by atoms with Gasteiger partial charge in [0.15, 0.2) is 0 Å². The van der Waals surface area contributed by atoms with Crippen LogP contribution in [-0.2, 0) is 19.6 Å². The Labute approximate surface area is 109 Å². The van der Waals surface area contributed by atoms with Crippen molar-refractivity contribution in [2.24, 2.45) is 5.73 Å². The predicted molar refractivity (Wildman–Crippen MR) is 68.7 cm³/mol. The van der Waals surface area contributed by atoms with E-state index < -0.39 is 27.7 Å². The lowest BCUT2D eigenvalue weighted by Crippen LogP contribution is -2.37. The summed E-state index contributed by atoms with van der Waals surface area (Å²) in [5.74, 6) is -0.702. The Hall–Kier alpha value is -0.660. The third kappa shape index (κ3) is 10.5. The third-order valence-electron chi connectivity index (χ3n) is 2.13. The number of ether oxygens (including phenoxy) is 1. The fourth-order valence-corrected chi connectivity index (χ4v) is 1.89. The van der Waals surface area contributed by atoms with Gasteiger partial charge in [-0.05, 0) is 33.6 Å². The summed E-state index contributed by atoms with van der Waals surface area (Å²) in [4.78, 5) is 11.5. The zero-order chi connectivity index (χ0) is 14.4. The first kappa shape index (κ1) is 17.3. The van der Waals surface area contributed by atoms with Gasteiger partial charge in [0.25, 0.3) is 10.1 Å². The van der Waals surface area contributed by atoms with Crippen molar-refractivity contribution in [3.05, 3.63) is 0 Å². The molecule has 0 amide bonds. The highest BCUT2D eigenvalue weighted by molar-refractivity contribution is 7.85. The Morgan fingerprint density at radius 3 is 2.28 bits per heavy atom. The Bertz CT molecular complexity index is 358. The van der Waals surface area contributed by atoms with E-state index in [9.17, 15) is 13.2 Å². The topological polar surface area (TPSA) is 107 Å². The largest absolute Gasteiger partial charge is 0.459 e. The van der Waals surface area contributed by atoms with Crippen LogP contribution in [0.1, 0.15) is 46.5 Å². The molecule has 0 aliphatic carbocycles. The van der Waals surface area contributed by atoms with Gasteiger partial charge in [-0.25, -0.2) is 0 Å². The molecule has 0 heterocycles. The number of carbonyl (C=O) groups is 1. The van der Waals surface area contributed by atoms with Crippen LogP contribution in [0.4, 0.5) is 0 Å². The first-order valence-corrected chi connectivity index (χ1v) is 7.56. The third-order valence-corrected chi connectivity index (χ3v) is 2.93. The number of rotatable bonds is 7. The standard InChI is InChI=1S/C11H23NO5S/c1-11(2,3)17-10(13)9(12)7-5-4-6-8-18(14,15)16/h9H,4-8,12H2,1-3H3,(H,14,15,16). The van der Waals surface area contributed by atoms with E-state index in [1.807, 2.05) is 0 Å². The number of nitrogens with two attached hydrogens (primary N) is 1. The smallest absolute Gasteiger partial charge is 0.323 e. The molecule has 0 aromatic heterocycles. The van der Waals surface area contributed by atoms with Crippen LogP contribution < -0.4 is 5.73 Å². The summed E-state index contributed by atoms with van der Waals surface area (Å²) in [6.07, 6.45) is 2.02. The zero-order valence-electron chi connectivity index (χ0n) is 11.2. The molecule has 1 unspecified atom stereocenters. The maximum Gasteiger partial charge on any atom is 0.323 e. The zero-order valence-corrected chi connectivity index (χ0v) is 12.0. The number of unbranched alkanes of at least 4 members (excludes halogenated alkanes) is 2. The molecule has 0 fully saturated rings. The Kier molecular flexibility index (Phi) is 6.80. The van der Waals surface area contributed by atoms with Gasteiger partial charge in [-0.15, -0.1) is 0 Å². The van der Waals surface area contributed by atoms with E-state index in [4.69, 9.17) is 15.0 Å². The fraction of sp³-hybridized carbons (Fsp3) is 0.909. The van der Waals surface area contributed by atoms with Crippen molar-refractivity contribution in [1.29, 1.82) is 0 Å². The molecule has 0 bridgehead atoms. The highest BCUT2D eigenvalue weighted by atomic mass is 32.2. The number of esters is 1. The second-order valence-electron chi connectivity index (χ2n) is 5.28. The monoisotopic (exact) mass is 281 g/mol. The van der Waals surface area contributed by atoms with Crippen LogP contribution in [0.15, 0.2) is 0 Å². The molecule has 0 saturated heterocycles. The molecule has 0 saturated carbocycles. The van der Waals surface area contributed by atoms with E-state index in [-0.39, 0.29) is 5.75 Å². The molecule has 108 valence electrons. The summed E-state index contributed by atoms with van der Waals surface area (Å²) in [7, 11) is -3.89. The molecule has 1 atom stereocenters. The Morgan fingerprint density at radius 2 is 1.83 bits per heavy atom. The molecule has 3 N–H and O–H groups in total. The van der Waals surface area contributed by atoms with Gasteiger partial charge in [-0.1, -0.05) is 12.8 Å². The van der Waals surface area contributed by atoms with E-state index in [2.05, 4.69) is 0 Å². The van der Waals surface area contributed by atoms with Gasteiger partial charge in [0.2, 0.25) is 0 Å². The summed E-state index contributed by atoms with van der Waals surface area (Å²) in [6, 6.07) is -0.685. The van der Waals surface area contributed by atoms with E-state index in [0.29, 0.717) is 25.7 Å². The second-order valence-corrected chi connectivity index (χ2v) is 6.85.